The molecule has 6 rings (SSSR count). The summed E-state index contributed by atoms with van der Waals surface area (Å²) in [6, 6.07) is 13.2. The SMILES string of the molecule is CCOc1ccc(N2CC=C[C@]3(CC)O[C@]45C=CCN(c6ccc(Cl)cc6)C(=O)C4N(CCO)C(=O)[C@@H]5[C@@H]3C2=O)cc1. The molecule has 2 aromatic carbocycles. The molecular formula is C32H34ClN3O6. The third-order valence-corrected chi connectivity index (χ3v) is 9.13. The van der Waals surface area contributed by atoms with Gasteiger partial charge in [0.1, 0.15) is 17.4 Å². The number of amides is 3. The minimum absolute atomic E-state index is 0.0579. The Morgan fingerprint density at radius 2 is 1.50 bits per heavy atom. The van der Waals surface area contributed by atoms with Crippen molar-refractivity contribution in [3.05, 3.63) is 77.9 Å². The molecule has 0 aromatic heterocycles. The Morgan fingerprint density at radius 3 is 2.12 bits per heavy atom. The monoisotopic (exact) mass is 591 g/mol. The van der Waals surface area contributed by atoms with Crippen LogP contribution in [0.1, 0.15) is 20.3 Å². The minimum Gasteiger partial charge on any atom is -0.494 e. The van der Waals surface area contributed by atoms with E-state index in [2.05, 4.69) is 0 Å². The number of aliphatic hydroxyl groups excluding tert-OH is 1. The number of likely N-dealkylation sites (tertiary alicyclic amines) is 1. The number of carbonyl (C=O) groups is 3. The van der Waals surface area contributed by atoms with Crippen LogP contribution in [-0.4, -0.2) is 77.8 Å². The lowest BCUT2D eigenvalue weighted by molar-refractivity contribution is -0.146. The summed E-state index contributed by atoms with van der Waals surface area (Å²) >= 11 is 6.10. The lowest BCUT2D eigenvalue weighted by Gasteiger charge is -2.38. The fraction of sp³-hybridized carbons (Fsp3) is 0.406. The summed E-state index contributed by atoms with van der Waals surface area (Å²) in [5, 5.41) is 10.5. The summed E-state index contributed by atoms with van der Waals surface area (Å²) in [6.07, 6.45) is 7.88. The van der Waals surface area contributed by atoms with Crippen LogP contribution in [-0.2, 0) is 19.1 Å². The summed E-state index contributed by atoms with van der Waals surface area (Å²) in [7, 11) is 0. The van der Waals surface area contributed by atoms with Crippen molar-refractivity contribution in [2.75, 3.05) is 42.6 Å². The maximum Gasteiger partial charge on any atom is 0.253 e. The van der Waals surface area contributed by atoms with Gasteiger partial charge >= 0.3 is 0 Å². The second kappa shape index (κ2) is 10.9. The number of fused-ring (bicyclic) bond motifs is 2. The van der Waals surface area contributed by atoms with E-state index in [1.54, 1.807) is 40.1 Å². The van der Waals surface area contributed by atoms with Crippen LogP contribution >= 0.6 is 11.6 Å². The van der Waals surface area contributed by atoms with Crippen LogP contribution in [0.2, 0.25) is 5.02 Å². The molecule has 3 amide bonds. The molecule has 2 saturated heterocycles. The van der Waals surface area contributed by atoms with E-state index < -0.39 is 29.1 Å². The van der Waals surface area contributed by atoms with Crippen LogP contribution in [0.4, 0.5) is 11.4 Å². The van der Waals surface area contributed by atoms with E-state index in [0.717, 1.165) is 0 Å². The fourth-order valence-corrected chi connectivity index (χ4v) is 7.21. The van der Waals surface area contributed by atoms with Crippen molar-refractivity contribution in [2.24, 2.45) is 11.8 Å². The van der Waals surface area contributed by atoms with Gasteiger partial charge in [-0.2, -0.15) is 0 Å². The molecule has 4 aliphatic heterocycles. The molecule has 9 nitrogen and oxygen atoms in total. The molecule has 2 fully saturated rings. The predicted octanol–water partition coefficient (Wildman–Crippen LogP) is 3.60. The van der Waals surface area contributed by atoms with Crippen molar-refractivity contribution in [2.45, 2.75) is 37.5 Å². The van der Waals surface area contributed by atoms with Gasteiger partial charge in [0.05, 0.1) is 30.7 Å². The van der Waals surface area contributed by atoms with Crippen LogP contribution in [0.3, 0.4) is 0 Å². The molecule has 0 bridgehead atoms. The number of nitrogens with zero attached hydrogens (tertiary/aromatic N) is 3. The number of aliphatic hydroxyl groups is 1. The number of halogens is 1. The van der Waals surface area contributed by atoms with Crippen molar-refractivity contribution in [1.29, 1.82) is 0 Å². The predicted molar refractivity (Wildman–Crippen MR) is 158 cm³/mol. The summed E-state index contributed by atoms with van der Waals surface area (Å²) in [4.78, 5) is 47.9. The Morgan fingerprint density at radius 1 is 0.881 bits per heavy atom. The van der Waals surface area contributed by atoms with Crippen molar-refractivity contribution < 1.29 is 29.0 Å². The van der Waals surface area contributed by atoms with Gasteiger partial charge in [0.15, 0.2) is 0 Å². The molecule has 0 saturated carbocycles. The van der Waals surface area contributed by atoms with Crippen LogP contribution in [0.25, 0.3) is 0 Å². The van der Waals surface area contributed by atoms with Gasteiger partial charge < -0.3 is 29.3 Å². The number of hydrogen-bond donors (Lipinski definition) is 1. The van der Waals surface area contributed by atoms with Crippen molar-refractivity contribution >= 4 is 40.7 Å². The molecule has 0 aliphatic carbocycles. The van der Waals surface area contributed by atoms with E-state index in [1.165, 1.54) is 4.90 Å². The molecule has 10 heteroatoms. The van der Waals surface area contributed by atoms with Gasteiger partial charge in [0, 0.05) is 36.0 Å². The largest absolute Gasteiger partial charge is 0.494 e. The van der Waals surface area contributed by atoms with E-state index >= 15 is 0 Å². The number of β-amino-alcohol motifs (C(OH)–C–C–N with tert-alkyl or cyclic N) is 1. The highest BCUT2D eigenvalue weighted by Gasteiger charge is 2.75. The van der Waals surface area contributed by atoms with Gasteiger partial charge in [0.25, 0.3) is 5.91 Å². The number of ether oxygens (including phenoxy) is 2. The Hall–Kier alpha value is -3.66. The van der Waals surface area contributed by atoms with E-state index in [0.29, 0.717) is 41.7 Å². The maximum atomic E-state index is 14.5. The second-order valence-electron chi connectivity index (χ2n) is 11.0. The van der Waals surface area contributed by atoms with Crippen molar-refractivity contribution in [1.82, 2.24) is 4.90 Å². The summed E-state index contributed by atoms with van der Waals surface area (Å²) in [6.45, 7) is 4.54. The van der Waals surface area contributed by atoms with Gasteiger partial charge in [-0.3, -0.25) is 14.4 Å². The number of anilines is 2. The highest BCUT2D eigenvalue weighted by atomic mass is 35.5. The maximum absolute atomic E-state index is 14.5. The average Bonchev–Trinajstić information content (AvgIpc) is 3.27. The first-order chi connectivity index (χ1) is 20.3. The summed E-state index contributed by atoms with van der Waals surface area (Å²) < 4.78 is 12.5. The van der Waals surface area contributed by atoms with Crippen molar-refractivity contribution in [3.63, 3.8) is 0 Å². The Kier molecular flexibility index (Phi) is 7.37. The fourth-order valence-electron chi connectivity index (χ4n) is 7.08. The zero-order valence-corrected chi connectivity index (χ0v) is 24.4. The van der Waals surface area contributed by atoms with Gasteiger partial charge in [-0.25, -0.2) is 0 Å². The van der Waals surface area contributed by atoms with Crippen LogP contribution in [0.15, 0.2) is 72.8 Å². The van der Waals surface area contributed by atoms with Gasteiger partial charge in [-0.1, -0.05) is 42.8 Å². The number of benzene rings is 2. The Bertz CT molecular complexity index is 1440. The highest BCUT2D eigenvalue weighted by molar-refractivity contribution is 6.30. The molecule has 4 heterocycles. The van der Waals surface area contributed by atoms with E-state index in [4.69, 9.17) is 21.1 Å². The zero-order valence-electron chi connectivity index (χ0n) is 23.6. The molecule has 2 aromatic rings. The van der Waals surface area contributed by atoms with E-state index in [-0.39, 0.29) is 37.4 Å². The summed E-state index contributed by atoms with van der Waals surface area (Å²) in [5.41, 5.74) is -1.19. The number of hydrogen-bond acceptors (Lipinski definition) is 6. The van der Waals surface area contributed by atoms with E-state index in [1.807, 2.05) is 56.3 Å². The third-order valence-electron chi connectivity index (χ3n) is 8.88. The zero-order chi connectivity index (χ0) is 29.6. The van der Waals surface area contributed by atoms with Crippen LogP contribution in [0.5, 0.6) is 5.75 Å². The smallest absolute Gasteiger partial charge is 0.253 e. The van der Waals surface area contributed by atoms with Crippen LogP contribution in [0, 0.1) is 11.8 Å². The molecule has 42 heavy (non-hydrogen) atoms. The van der Waals surface area contributed by atoms with Gasteiger partial charge in [0.2, 0.25) is 11.8 Å². The lowest BCUT2D eigenvalue weighted by Crippen LogP contribution is -2.56. The second-order valence-corrected chi connectivity index (χ2v) is 11.4. The Balaban J connectivity index is 1.44. The van der Waals surface area contributed by atoms with E-state index in [9.17, 15) is 19.5 Å². The molecule has 220 valence electrons. The third kappa shape index (κ3) is 4.25. The van der Waals surface area contributed by atoms with Gasteiger partial charge in [-0.15, -0.1) is 0 Å². The molecule has 4 aliphatic rings. The highest BCUT2D eigenvalue weighted by Crippen LogP contribution is 2.58. The molecular weight excluding hydrogens is 558 g/mol. The minimum atomic E-state index is -1.40. The van der Waals surface area contributed by atoms with Gasteiger partial charge in [-0.05, 0) is 61.9 Å². The number of carbonyl (C=O) groups excluding carboxylic acids is 3. The van der Waals surface area contributed by atoms with Crippen LogP contribution < -0.4 is 14.5 Å². The molecule has 1 spiro atoms. The quantitative estimate of drug-likeness (QED) is 0.494. The topological polar surface area (TPSA) is 99.6 Å². The van der Waals surface area contributed by atoms with Crippen molar-refractivity contribution in [3.8, 4) is 5.75 Å². The standard InChI is InChI=1S/C32H34ClN3O6/c1-3-31-15-5-17-34(23-11-13-24(14-12-23)41-4-2)28(38)25(31)26-29(39)36(19-20-37)27-30(40)35(18-6-16-32(26,27)42-31)22-9-7-21(33)8-10-22/h5-16,25-27,37H,3-4,17-20H2,1-2H3/t25-,26+,27?,31+,32+/m1/s1. The first kappa shape index (κ1) is 28.5. The molecule has 0 radical (unpaired) electrons. The normalized spacial score (nSPS) is 30.2. The first-order valence-corrected chi connectivity index (χ1v) is 14.8. The number of rotatable bonds is 7. The lowest BCUT2D eigenvalue weighted by atomic mass is 9.73. The average molecular weight is 592 g/mol. The Labute approximate surface area is 249 Å². The first-order valence-electron chi connectivity index (χ1n) is 14.4. The molecule has 1 N–H and O–H groups in total. The summed E-state index contributed by atoms with van der Waals surface area (Å²) in [5.74, 6) is -2.10. The molecule has 1 unspecified atom stereocenters. The molecule has 5 atom stereocenters.